The number of likely N-dealkylation sites (N-methyl/N-ethyl adjacent to an activating group) is 1. The van der Waals surface area contributed by atoms with E-state index in [9.17, 15) is 18.5 Å². The SMILES string of the molecule is C[C@@H](C(=O)N(C)C1CCCCC1)[NH+]1CCN(S(=O)(=O)c2ccccc2C#N)CC1. The van der Waals surface area contributed by atoms with Crippen molar-refractivity contribution in [3.05, 3.63) is 29.8 Å². The molecule has 1 heterocycles. The summed E-state index contributed by atoms with van der Waals surface area (Å²) >= 11 is 0. The van der Waals surface area contributed by atoms with Gasteiger partial charge in [-0.15, -0.1) is 0 Å². The van der Waals surface area contributed by atoms with Crippen molar-refractivity contribution in [2.75, 3.05) is 33.2 Å². The largest absolute Gasteiger partial charge is 0.338 e. The van der Waals surface area contributed by atoms with Crippen LogP contribution in [0.2, 0.25) is 0 Å². The molecule has 1 aliphatic heterocycles. The Bertz CT molecular complexity index is 866. The molecule has 1 saturated heterocycles. The second-order valence-electron chi connectivity index (χ2n) is 8.13. The average molecular weight is 420 g/mol. The maximum absolute atomic E-state index is 13.0. The molecule has 1 aromatic rings. The molecule has 158 valence electrons. The molecule has 1 saturated carbocycles. The van der Waals surface area contributed by atoms with Crippen LogP contribution in [-0.2, 0) is 14.8 Å². The molecule has 1 aliphatic carbocycles. The number of hydrogen-bond donors (Lipinski definition) is 1. The van der Waals surface area contributed by atoms with Gasteiger partial charge < -0.3 is 9.80 Å². The molecule has 3 rings (SSSR count). The molecular weight excluding hydrogens is 388 g/mol. The number of rotatable bonds is 5. The number of nitrogens with one attached hydrogen (secondary N) is 1. The van der Waals surface area contributed by atoms with Crippen LogP contribution in [-0.4, -0.2) is 68.8 Å². The summed E-state index contributed by atoms with van der Waals surface area (Å²) in [4.78, 5) is 16.1. The first kappa shape index (κ1) is 21.8. The van der Waals surface area contributed by atoms with Crippen LogP contribution in [0.25, 0.3) is 0 Å². The van der Waals surface area contributed by atoms with E-state index >= 15 is 0 Å². The molecule has 2 fully saturated rings. The Hall–Kier alpha value is -1.95. The van der Waals surface area contributed by atoms with Crippen molar-refractivity contribution in [3.63, 3.8) is 0 Å². The molecule has 1 aromatic carbocycles. The Morgan fingerprint density at radius 2 is 1.83 bits per heavy atom. The Kier molecular flexibility index (Phi) is 6.93. The van der Waals surface area contributed by atoms with Gasteiger partial charge in [-0.3, -0.25) is 4.79 Å². The summed E-state index contributed by atoms with van der Waals surface area (Å²) in [6, 6.07) is 8.43. The summed E-state index contributed by atoms with van der Waals surface area (Å²) in [5, 5.41) is 9.24. The molecule has 0 radical (unpaired) electrons. The zero-order chi connectivity index (χ0) is 21.0. The Morgan fingerprint density at radius 3 is 2.45 bits per heavy atom. The molecule has 7 nitrogen and oxygen atoms in total. The molecule has 8 heteroatoms. The zero-order valence-electron chi connectivity index (χ0n) is 17.3. The summed E-state index contributed by atoms with van der Waals surface area (Å²) in [5.74, 6) is 0.151. The molecule has 0 aromatic heterocycles. The maximum Gasteiger partial charge on any atom is 0.280 e. The van der Waals surface area contributed by atoms with Gasteiger partial charge in [0.05, 0.1) is 36.6 Å². The number of nitriles is 1. The Labute approximate surface area is 173 Å². The van der Waals surface area contributed by atoms with Gasteiger partial charge in [-0.05, 0) is 31.9 Å². The van der Waals surface area contributed by atoms with Crippen molar-refractivity contribution in [1.82, 2.24) is 9.21 Å². The summed E-state index contributed by atoms with van der Waals surface area (Å²) in [6.07, 6.45) is 5.78. The highest BCUT2D eigenvalue weighted by molar-refractivity contribution is 7.89. The van der Waals surface area contributed by atoms with Crippen LogP contribution in [0.4, 0.5) is 0 Å². The topological polar surface area (TPSA) is 85.9 Å². The van der Waals surface area contributed by atoms with Gasteiger partial charge in [0.25, 0.3) is 5.91 Å². The van der Waals surface area contributed by atoms with E-state index in [2.05, 4.69) is 0 Å². The van der Waals surface area contributed by atoms with Crippen LogP contribution in [0.5, 0.6) is 0 Å². The lowest BCUT2D eigenvalue weighted by Crippen LogP contribution is -3.19. The molecule has 0 spiro atoms. The number of sulfonamides is 1. The minimum absolute atomic E-state index is 0.0621. The molecule has 1 atom stereocenters. The van der Waals surface area contributed by atoms with Crippen molar-refractivity contribution in [3.8, 4) is 6.07 Å². The van der Waals surface area contributed by atoms with Crippen LogP contribution in [0.1, 0.15) is 44.6 Å². The second-order valence-corrected chi connectivity index (χ2v) is 10.0. The van der Waals surface area contributed by atoms with Gasteiger partial charge in [0, 0.05) is 13.1 Å². The van der Waals surface area contributed by atoms with Gasteiger partial charge in [-0.1, -0.05) is 31.4 Å². The predicted octanol–water partition coefficient (Wildman–Crippen LogP) is 0.627. The van der Waals surface area contributed by atoms with Gasteiger partial charge in [0.1, 0.15) is 6.07 Å². The van der Waals surface area contributed by atoms with E-state index in [1.165, 1.54) is 35.7 Å². The number of carbonyl (C=O) groups excluding carboxylic acids is 1. The van der Waals surface area contributed by atoms with Crippen molar-refractivity contribution in [2.45, 2.75) is 56.0 Å². The molecule has 0 unspecified atom stereocenters. The number of nitrogens with zero attached hydrogens (tertiary/aromatic N) is 3. The highest BCUT2D eigenvalue weighted by atomic mass is 32.2. The monoisotopic (exact) mass is 419 g/mol. The molecule has 2 aliphatic rings. The quantitative estimate of drug-likeness (QED) is 0.758. The predicted molar refractivity (Wildman–Crippen MR) is 110 cm³/mol. The third kappa shape index (κ3) is 4.63. The van der Waals surface area contributed by atoms with E-state index in [4.69, 9.17) is 0 Å². The first-order valence-electron chi connectivity index (χ1n) is 10.5. The van der Waals surface area contributed by atoms with Gasteiger partial charge in [0.2, 0.25) is 10.0 Å². The van der Waals surface area contributed by atoms with Crippen molar-refractivity contribution in [1.29, 1.82) is 5.26 Å². The Balaban J connectivity index is 1.62. The first-order valence-corrected chi connectivity index (χ1v) is 11.9. The molecule has 29 heavy (non-hydrogen) atoms. The third-order valence-corrected chi connectivity index (χ3v) is 8.40. The van der Waals surface area contributed by atoms with Crippen LogP contribution < -0.4 is 4.90 Å². The lowest BCUT2D eigenvalue weighted by atomic mass is 9.94. The fourth-order valence-corrected chi connectivity index (χ4v) is 6.08. The minimum atomic E-state index is -3.71. The Morgan fingerprint density at radius 1 is 1.21 bits per heavy atom. The molecular formula is C21H31N4O3S+. The lowest BCUT2D eigenvalue weighted by Gasteiger charge is -2.37. The van der Waals surface area contributed by atoms with Gasteiger partial charge in [-0.25, -0.2) is 8.42 Å². The van der Waals surface area contributed by atoms with E-state index in [1.54, 1.807) is 12.1 Å². The normalized spacial score (nSPS) is 20.7. The smallest absolute Gasteiger partial charge is 0.280 e. The maximum atomic E-state index is 13.0. The average Bonchev–Trinajstić information content (AvgIpc) is 2.78. The molecule has 1 N–H and O–H groups in total. The number of benzene rings is 1. The fourth-order valence-electron chi connectivity index (χ4n) is 4.50. The lowest BCUT2D eigenvalue weighted by molar-refractivity contribution is -0.918. The molecule has 1 amide bonds. The van der Waals surface area contributed by atoms with Crippen LogP contribution >= 0.6 is 0 Å². The number of carbonyl (C=O) groups is 1. The van der Waals surface area contributed by atoms with E-state index in [0.29, 0.717) is 32.2 Å². The number of amides is 1. The number of quaternary nitrogens is 1. The second kappa shape index (κ2) is 9.24. The van der Waals surface area contributed by atoms with E-state index in [1.807, 2.05) is 24.9 Å². The van der Waals surface area contributed by atoms with Gasteiger partial charge >= 0.3 is 0 Å². The van der Waals surface area contributed by atoms with Crippen molar-refractivity contribution >= 4 is 15.9 Å². The van der Waals surface area contributed by atoms with E-state index in [0.717, 1.165) is 17.7 Å². The van der Waals surface area contributed by atoms with Crippen LogP contribution in [0, 0.1) is 11.3 Å². The summed E-state index contributed by atoms with van der Waals surface area (Å²) in [5.41, 5.74) is 0.167. The standard InChI is InChI=1S/C21H30N4O3S/c1-17(21(26)23(2)19-9-4-3-5-10-19)24-12-14-25(15-13-24)29(27,28)20-11-7-6-8-18(20)16-22/h6-8,11,17,19H,3-5,9-10,12-15H2,1-2H3/p+1/t17-/m0/s1. The molecule has 0 bridgehead atoms. The summed E-state index contributed by atoms with van der Waals surface area (Å²) in [6.45, 7) is 3.81. The summed E-state index contributed by atoms with van der Waals surface area (Å²) in [7, 11) is -1.79. The zero-order valence-corrected chi connectivity index (χ0v) is 18.1. The first-order chi connectivity index (χ1) is 13.9. The number of piperazine rings is 1. The van der Waals surface area contributed by atoms with Crippen LogP contribution in [0.15, 0.2) is 29.2 Å². The highest BCUT2D eigenvalue weighted by Gasteiger charge is 2.37. The van der Waals surface area contributed by atoms with Gasteiger partial charge in [-0.2, -0.15) is 9.57 Å². The van der Waals surface area contributed by atoms with E-state index < -0.39 is 10.0 Å². The van der Waals surface area contributed by atoms with Crippen molar-refractivity contribution in [2.24, 2.45) is 0 Å². The summed E-state index contributed by atoms with van der Waals surface area (Å²) < 4.78 is 27.4. The highest BCUT2D eigenvalue weighted by Crippen LogP contribution is 2.22. The fraction of sp³-hybridized carbons (Fsp3) is 0.619. The van der Waals surface area contributed by atoms with E-state index in [-0.39, 0.29) is 22.4 Å². The van der Waals surface area contributed by atoms with Crippen molar-refractivity contribution < 1.29 is 18.1 Å². The minimum Gasteiger partial charge on any atom is -0.338 e. The number of hydrogen-bond acceptors (Lipinski definition) is 4. The van der Waals surface area contributed by atoms with Gasteiger partial charge in [0.15, 0.2) is 6.04 Å². The van der Waals surface area contributed by atoms with Crippen LogP contribution in [0.3, 0.4) is 0 Å². The third-order valence-electron chi connectivity index (χ3n) is 6.44.